The van der Waals surface area contributed by atoms with Gasteiger partial charge in [0.25, 0.3) is 0 Å². The summed E-state index contributed by atoms with van der Waals surface area (Å²) in [7, 11) is 0. The second-order valence-corrected chi connectivity index (χ2v) is 11.8. The van der Waals surface area contributed by atoms with Crippen LogP contribution in [0, 0.1) is 0 Å². The van der Waals surface area contributed by atoms with Crippen LogP contribution in [0.15, 0.2) is 147 Å². The molecule has 39 heavy (non-hydrogen) atoms. The van der Waals surface area contributed by atoms with Crippen molar-refractivity contribution in [2.75, 3.05) is 0 Å². The Morgan fingerprint density at radius 3 is 1.64 bits per heavy atom. The fourth-order valence-corrected chi connectivity index (χ4v) is 8.41. The number of benzene rings is 4. The highest BCUT2D eigenvalue weighted by molar-refractivity contribution is 8.00. The lowest BCUT2D eigenvalue weighted by molar-refractivity contribution is 0.667. The molecule has 2 aliphatic heterocycles. The molecule has 0 bridgehead atoms. The third kappa shape index (κ3) is 3.43. The van der Waals surface area contributed by atoms with Gasteiger partial charge in [0.2, 0.25) is 0 Å². The van der Waals surface area contributed by atoms with E-state index in [1.54, 1.807) is 12.4 Å². The van der Waals surface area contributed by atoms with Gasteiger partial charge in [0.05, 0.1) is 11.1 Å². The minimum Gasteiger partial charge on any atom is -0.256 e. The molecule has 8 rings (SSSR count). The Bertz CT molecular complexity index is 1730. The molecule has 2 aromatic heterocycles. The topological polar surface area (TPSA) is 38.7 Å². The number of aromatic nitrogens is 3. The first kappa shape index (κ1) is 22.8. The molecule has 0 saturated carbocycles. The smallest absolute Gasteiger partial charge is 0.159 e. The number of nitrogens with zero attached hydrogens (tertiary/aromatic N) is 3. The van der Waals surface area contributed by atoms with Crippen LogP contribution in [-0.4, -0.2) is 15.0 Å². The van der Waals surface area contributed by atoms with E-state index < -0.39 is 5.41 Å². The van der Waals surface area contributed by atoms with E-state index in [2.05, 4.69) is 106 Å². The molecule has 4 heterocycles. The molecular weight excluding hydrogens is 515 g/mol. The van der Waals surface area contributed by atoms with Crippen LogP contribution in [0.3, 0.4) is 0 Å². The summed E-state index contributed by atoms with van der Waals surface area (Å²) in [5, 5.41) is 0. The quantitative estimate of drug-likeness (QED) is 0.222. The maximum Gasteiger partial charge on any atom is 0.159 e. The molecular formula is C34H21N3S2. The summed E-state index contributed by atoms with van der Waals surface area (Å²) in [5.74, 6) is 0.739. The average molecular weight is 536 g/mol. The molecule has 2 aliphatic rings. The Labute approximate surface area is 235 Å². The van der Waals surface area contributed by atoms with Crippen molar-refractivity contribution in [2.24, 2.45) is 0 Å². The molecule has 0 aliphatic carbocycles. The van der Waals surface area contributed by atoms with Gasteiger partial charge in [-0.05, 0) is 64.7 Å². The van der Waals surface area contributed by atoms with E-state index in [0.717, 1.165) is 22.6 Å². The summed E-state index contributed by atoms with van der Waals surface area (Å²) in [5.41, 5.74) is 7.94. The van der Waals surface area contributed by atoms with Gasteiger partial charge in [0, 0.05) is 49.3 Å². The van der Waals surface area contributed by atoms with Crippen molar-refractivity contribution in [2.45, 2.75) is 25.0 Å². The lowest BCUT2D eigenvalue weighted by Gasteiger charge is -2.45. The van der Waals surface area contributed by atoms with Crippen LogP contribution in [0.4, 0.5) is 0 Å². The van der Waals surface area contributed by atoms with Crippen LogP contribution < -0.4 is 0 Å². The summed E-state index contributed by atoms with van der Waals surface area (Å²) < 4.78 is 0. The van der Waals surface area contributed by atoms with Crippen molar-refractivity contribution in [3.05, 3.63) is 150 Å². The molecule has 0 unspecified atom stereocenters. The van der Waals surface area contributed by atoms with Gasteiger partial charge in [-0.15, -0.1) is 0 Å². The van der Waals surface area contributed by atoms with Crippen molar-refractivity contribution in [3.8, 4) is 22.6 Å². The highest BCUT2D eigenvalue weighted by Crippen LogP contribution is 2.62. The summed E-state index contributed by atoms with van der Waals surface area (Å²) in [4.78, 5) is 18.8. The number of hydrogen-bond acceptors (Lipinski definition) is 5. The zero-order valence-electron chi connectivity index (χ0n) is 20.8. The van der Waals surface area contributed by atoms with Crippen LogP contribution in [0.1, 0.15) is 22.3 Å². The molecule has 0 atom stereocenters. The molecule has 6 aromatic rings. The lowest BCUT2D eigenvalue weighted by Crippen LogP contribution is -2.36. The second-order valence-electron chi connectivity index (χ2n) is 9.66. The molecule has 0 fully saturated rings. The molecule has 184 valence electrons. The Balaban J connectivity index is 1.46. The molecule has 3 nitrogen and oxygen atoms in total. The first-order chi connectivity index (χ1) is 19.3. The predicted octanol–water partition coefficient (Wildman–Crippen LogP) is 8.52. The minimum absolute atomic E-state index is 0.437. The summed E-state index contributed by atoms with van der Waals surface area (Å²) >= 11 is 3.69. The normalized spacial score (nSPS) is 14.2. The van der Waals surface area contributed by atoms with Gasteiger partial charge < -0.3 is 0 Å². The van der Waals surface area contributed by atoms with Crippen LogP contribution in [0.25, 0.3) is 22.6 Å². The fourth-order valence-electron chi connectivity index (χ4n) is 5.95. The fraction of sp³-hybridized carbons (Fsp3) is 0.0294. The van der Waals surface area contributed by atoms with Gasteiger partial charge in [-0.3, -0.25) is 4.98 Å². The van der Waals surface area contributed by atoms with Crippen molar-refractivity contribution in [1.82, 2.24) is 15.0 Å². The Morgan fingerprint density at radius 2 is 0.974 bits per heavy atom. The molecule has 5 heteroatoms. The molecule has 0 amide bonds. The number of fused-ring (bicyclic) bond motifs is 8. The van der Waals surface area contributed by atoms with Crippen LogP contribution in [0.2, 0.25) is 0 Å². The lowest BCUT2D eigenvalue weighted by atomic mass is 9.64. The summed E-state index contributed by atoms with van der Waals surface area (Å²) in [6.07, 6.45) is 5.46. The molecule has 0 N–H and O–H groups in total. The minimum atomic E-state index is -0.437. The maximum atomic E-state index is 4.64. The van der Waals surface area contributed by atoms with Crippen molar-refractivity contribution in [3.63, 3.8) is 0 Å². The van der Waals surface area contributed by atoms with Gasteiger partial charge in [-0.25, -0.2) is 9.97 Å². The van der Waals surface area contributed by atoms with Crippen LogP contribution in [0.5, 0.6) is 0 Å². The van der Waals surface area contributed by atoms with Gasteiger partial charge in [0.15, 0.2) is 5.82 Å². The third-order valence-corrected chi connectivity index (χ3v) is 9.85. The van der Waals surface area contributed by atoms with E-state index in [9.17, 15) is 0 Å². The number of pyridine rings is 1. The standard InChI is InChI=1S/C34H21N3S2/c1-3-11-29-24(8-1)34(25-9-2-4-12-30(25)38-29)26-15-13-22(28-10-5-6-17-35-28)20-31(26)39-32-21-23(14-16-27(32)34)33-36-18-7-19-37-33/h1-21H. The molecule has 1 spiro atoms. The first-order valence-corrected chi connectivity index (χ1v) is 14.5. The van der Waals surface area contributed by atoms with Crippen LogP contribution in [-0.2, 0) is 5.41 Å². The van der Waals surface area contributed by atoms with E-state index in [1.165, 1.54) is 41.8 Å². The highest BCUT2D eigenvalue weighted by Gasteiger charge is 2.48. The Kier molecular flexibility index (Phi) is 5.22. The molecule has 0 radical (unpaired) electrons. The molecule has 0 saturated heterocycles. The predicted molar refractivity (Wildman–Crippen MR) is 157 cm³/mol. The van der Waals surface area contributed by atoms with E-state index in [4.69, 9.17) is 0 Å². The van der Waals surface area contributed by atoms with Gasteiger partial charge in [-0.2, -0.15) is 0 Å². The van der Waals surface area contributed by atoms with Crippen molar-refractivity contribution < 1.29 is 0 Å². The summed E-state index contributed by atoms with van der Waals surface area (Å²) in [6.45, 7) is 0. The van der Waals surface area contributed by atoms with E-state index >= 15 is 0 Å². The average Bonchev–Trinajstić information content (AvgIpc) is 3.01. The van der Waals surface area contributed by atoms with Gasteiger partial charge in [0.1, 0.15) is 0 Å². The zero-order chi connectivity index (χ0) is 25.8. The van der Waals surface area contributed by atoms with E-state index in [1.807, 2.05) is 47.9 Å². The second kappa shape index (κ2) is 8.94. The van der Waals surface area contributed by atoms with Gasteiger partial charge in [-0.1, -0.05) is 90.3 Å². The first-order valence-electron chi connectivity index (χ1n) is 12.8. The zero-order valence-corrected chi connectivity index (χ0v) is 22.4. The largest absolute Gasteiger partial charge is 0.256 e. The van der Waals surface area contributed by atoms with Crippen LogP contribution >= 0.6 is 23.5 Å². The van der Waals surface area contributed by atoms with E-state index in [-0.39, 0.29) is 0 Å². The van der Waals surface area contributed by atoms with Gasteiger partial charge >= 0.3 is 0 Å². The number of hydrogen-bond donors (Lipinski definition) is 0. The SMILES string of the molecule is c1ccc(-c2ccc3c(c2)Sc2cc(-c4ncccn4)ccc2C32c3ccccc3Sc3ccccc32)nc1. The summed E-state index contributed by atoms with van der Waals surface area (Å²) in [6, 6.07) is 39.3. The van der Waals surface area contributed by atoms with Crippen molar-refractivity contribution in [1.29, 1.82) is 0 Å². The highest BCUT2D eigenvalue weighted by atomic mass is 32.2. The Morgan fingerprint density at radius 1 is 0.436 bits per heavy atom. The number of rotatable bonds is 2. The maximum absolute atomic E-state index is 4.64. The Hall–Kier alpha value is -4.19. The molecule has 4 aromatic carbocycles. The van der Waals surface area contributed by atoms with Crippen molar-refractivity contribution >= 4 is 23.5 Å². The van der Waals surface area contributed by atoms with E-state index in [0.29, 0.717) is 0 Å². The monoisotopic (exact) mass is 535 g/mol. The third-order valence-electron chi connectivity index (χ3n) is 7.58.